The third-order valence-corrected chi connectivity index (χ3v) is 6.68. The average Bonchev–Trinajstić information content (AvgIpc) is 3.20. The number of benzene rings is 2. The molecule has 0 saturated heterocycles. The van der Waals surface area contributed by atoms with E-state index in [4.69, 9.17) is 9.52 Å². The molecule has 0 aliphatic heterocycles. The monoisotopic (exact) mass is 456 g/mol. The maximum Gasteiger partial charge on any atom is 0.168 e. The normalized spacial score (nSPS) is 18.5. The fourth-order valence-corrected chi connectivity index (χ4v) is 5.10. The van der Waals surface area contributed by atoms with Gasteiger partial charge in [-0.25, -0.2) is 0 Å². The molecule has 0 unspecified atom stereocenters. The van der Waals surface area contributed by atoms with E-state index in [1.165, 1.54) is 0 Å². The first-order valence-corrected chi connectivity index (χ1v) is 11.8. The largest absolute Gasteiger partial charge is 0.511 e. The van der Waals surface area contributed by atoms with Gasteiger partial charge in [-0.15, -0.1) is 0 Å². The van der Waals surface area contributed by atoms with Gasteiger partial charge in [-0.2, -0.15) is 0 Å². The van der Waals surface area contributed by atoms with Crippen LogP contribution in [0.2, 0.25) is 0 Å². The Bertz CT molecular complexity index is 1350. The molecule has 174 valence electrons. The molecule has 0 atom stereocenters. The Hall–Kier alpha value is -3.54. The standard InChI is InChI=1S/C28H28N2O4/c1-28(2)15-23(32)26(24(33)16-28)20(29-19-10-5-8-17-7-3-4-9-18(17)19)13-14-21-27-22(31)11-6-12-25(27)34-30-21/h3-5,7-10,32H,6,11-16H2,1-2H3. The zero-order valence-corrected chi connectivity index (χ0v) is 19.6. The SMILES string of the molecule is CC1(C)CC(=O)C(C(CCc2noc3c2C(=O)CCC3)=Nc2cccc3ccccc23)=C(O)C1. The molecule has 0 saturated carbocycles. The van der Waals surface area contributed by atoms with Crippen LogP contribution in [0.15, 0.2) is 63.3 Å². The van der Waals surface area contributed by atoms with E-state index >= 15 is 0 Å². The smallest absolute Gasteiger partial charge is 0.168 e. The van der Waals surface area contributed by atoms with Gasteiger partial charge in [-0.05, 0) is 36.1 Å². The van der Waals surface area contributed by atoms with Crippen LogP contribution in [0.4, 0.5) is 5.69 Å². The summed E-state index contributed by atoms with van der Waals surface area (Å²) in [4.78, 5) is 30.6. The highest BCUT2D eigenvalue weighted by Crippen LogP contribution is 2.38. The topological polar surface area (TPSA) is 92.8 Å². The summed E-state index contributed by atoms with van der Waals surface area (Å²) >= 11 is 0. The van der Waals surface area contributed by atoms with Crippen molar-refractivity contribution < 1.29 is 19.2 Å². The van der Waals surface area contributed by atoms with Gasteiger partial charge in [0.1, 0.15) is 11.5 Å². The number of aryl methyl sites for hydroxylation is 2. The van der Waals surface area contributed by atoms with Gasteiger partial charge >= 0.3 is 0 Å². The molecule has 34 heavy (non-hydrogen) atoms. The molecule has 0 fully saturated rings. The Morgan fingerprint density at radius 1 is 1.06 bits per heavy atom. The molecule has 2 aliphatic rings. The van der Waals surface area contributed by atoms with Gasteiger partial charge in [0.25, 0.3) is 0 Å². The van der Waals surface area contributed by atoms with Crippen molar-refractivity contribution in [2.24, 2.45) is 10.4 Å². The number of aliphatic hydroxyl groups is 1. The number of carbonyl (C=O) groups excluding carboxylic acids is 2. The van der Waals surface area contributed by atoms with Crippen LogP contribution in [-0.2, 0) is 17.6 Å². The lowest BCUT2D eigenvalue weighted by molar-refractivity contribution is -0.117. The lowest BCUT2D eigenvalue weighted by atomic mass is 9.75. The van der Waals surface area contributed by atoms with Gasteiger partial charge in [-0.3, -0.25) is 14.6 Å². The lowest BCUT2D eigenvalue weighted by Gasteiger charge is -2.30. The third kappa shape index (κ3) is 4.20. The molecule has 5 rings (SSSR count). The van der Waals surface area contributed by atoms with Crippen LogP contribution in [0, 0.1) is 5.41 Å². The van der Waals surface area contributed by atoms with Crippen LogP contribution < -0.4 is 0 Å². The van der Waals surface area contributed by atoms with Crippen LogP contribution in [0.25, 0.3) is 10.8 Å². The van der Waals surface area contributed by atoms with Crippen LogP contribution in [-0.4, -0.2) is 27.5 Å². The second-order valence-corrected chi connectivity index (χ2v) is 10.0. The summed E-state index contributed by atoms with van der Waals surface area (Å²) in [5.41, 5.74) is 2.46. The van der Waals surface area contributed by atoms with Crippen LogP contribution in [0.1, 0.15) is 67.8 Å². The number of carbonyl (C=O) groups is 2. The van der Waals surface area contributed by atoms with Crippen molar-refractivity contribution in [1.29, 1.82) is 0 Å². The van der Waals surface area contributed by atoms with Gasteiger partial charge in [-0.1, -0.05) is 55.4 Å². The molecule has 1 N–H and O–H groups in total. The number of Topliss-reactive ketones (excluding diaryl/α,β-unsaturated/α-hetero) is 2. The van der Waals surface area contributed by atoms with Crippen molar-refractivity contribution in [3.8, 4) is 0 Å². The van der Waals surface area contributed by atoms with Crippen molar-refractivity contribution in [3.05, 3.63) is 70.8 Å². The minimum absolute atomic E-state index is 0.0580. The summed E-state index contributed by atoms with van der Waals surface area (Å²) in [6, 6.07) is 13.8. The van der Waals surface area contributed by atoms with Gasteiger partial charge in [0, 0.05) is 31.1 Å². The molecule has 1 heterocycles. The zero-order chi connectivity index (χ0) is 23.9. The van der Waals surface area contributed by atoms with E-state index in [1.807, 2.05) is 56.3 Å². The minimum atomic E-state index is -0.299. The van der Waals surface area contributed by atoms with Crippen molar-refractivity contribution >= 4 is 33.7 Å². The number of fused-ring (bicyclic) bond motifs is 2. The number of nitrogens with zero attached hydrogens (tertiary/aromatic N) is 2. The van der Waals surface area contributed by atoms with Gasteiger partial charge in [0.15, 0.2) is 11.6 Å². The molecule has 2 aromatic carbocycles. The number of rotatable bonds is 5. The molecule has 6 nitrogen and oxygen atoms in total. The Labute approximate surface area is 198 Å². The molecule has 0 radical (unpaired) electrons. The van der Waals surface area contributed by atoms with E-state index in [1.54, 1.807) is 0 Å². The molecule has 6 heteroatoms. The summed E-state index contributed by atoms with van der Waals surface area (Å²) in [5.74, 6) is 0.684. The average molecular weight is 457 g/mol. The van der Waals surface area contributed by atoms with Gasteiger partial charge in [0.05, 0.1) is 28.2 Å². The highest BCUT2D eigenvalue weighted by molar-refractivity contribution is 6.24. The first-order valence-electron chi connectivity index (χ1n) is 11.8. The third-order valence-electron chi connectivity index (χ3n) is 6.68. The number of hydrogen-bond donors (Lipinski definition) is 1. The zero-order valence-electron chi connectivity index (χ0n) is 19.6. The number of hydrogen-bond acceptors (Lipinski definition) is 6. The number of aromatic nitrogens is 1. The molecule has 0 spiro atoms. The number of aliphatic imine (C=N–C) groups is 1. The quantitative estimate of drug-likeness (QED) is 0.458. The summed E-state index contributed by atoms with van der Waals surface area (Å²) in [6.07, 6.45) is 3.52. The van der Waals surface area contributed by atoms with E-state index in [9.17, 15) is 14.7 Å². The van der Waals surface area contributed by atoms with Crippen molar-refractivity contribution in [2.45, 2.75) is 58.8 Å². The molecule has 2 aliphatic carbocycles. The van der Waals surface area contributed by atoms with Crippen molar-refractivity contribution in [1.82, 2.24) is 5.16 Å². The van der Waals surface area contributed by atoms with Crippen LogP contribution in [0.5, 0.6) is 0 Å². The highest BCUT2D eigenvalue weighted by Gasteiger charge is 2.35. The number of allylic oxidation sites excluding steroid dienone is 2. The number of ketones is 2. The van der Waals surface area contributed by atoms with Crippen LogP contribution >= 0.6 is 0 Å². The molecule has 0 bridgehead atoms. The van der Waals surface area contributed by atoms with E-state index < -0.39 is 0 Å². The number of aliphatic hydroxyl groups excluding tert-OH is 1. The van der Waals surface area contributed by atoms with Crippen LogP contribution in [0.3, 0.4) is 0 Å². The van der Waals surface area contributed by atoms with E-state index in [0.29, 0.717) is 66.8 Å². The maximum absolute atomic E-state index is 13.2. The molecular formula is C28H28N2O4. The summed E-state index contributed by atoms with van der Waals surface area (Å²) in [5, 5.41) is 17.1. The fourth-order valence-electron chi connectivity index (χ4n) is 5.10. The summed E-state index contributed by atoms with van der Waals surface area (Å²) in [7, 11) is 0. The van der Waals surface area contributed by atoms with E-state index in [-0.39, 0.29) is 22.7 Å². The van der Waals surface area contributed by atoms with Gasteiger partial charge in [0.2, 0.25) is 0 Å². The van der Waals surface area contributed by atoms with E-state index in [2.05, 4.69) is 5.16 Å². The predicted octanol–water partition coefficient (Wildman–Crippen LogP) is 6.25. The Balaban J connectivity index is 1.57. The molecule has 1 aromatic heterocycles. The first-order chi connectivity index (χ1) is 16.3. The first kappa shape index (κ1) is 22.3. The maximum atomic E-state index is 13.2. The Morgan fingerprint density at radius 2 is 1.85 bits per heavy atom. The minimum Gasteiger partial charge on any atom is -0.511 e. The van der Waals surface area contributed by atoms with Crippen molar-refractivity contribution in [3.63, 3.8) is 0 Å². The predicted molar refractivity (Wildman–Crippen MR) is 131 cm³/mol. The second kappa shape index (κ2) is 8.67. The van der Waals surface area contributed by atoms with E-state index in [0.717, 1.165) is 22.9 Å². The summed E-state index contributed by atoms with van der Waals surface area (Å²) in [6.45, 7) is 3.96. The van der Waals surface area contributed by atoms with Gasteiger partial charge < -0.3 is 9.63 Å². The molecular weight excluding hydrogens is 428 g/mol. The fraction of sp³-hybridized carbons (Fsp3) is 0.357. The highest BCUT2D eigenvalue weighted by atomic mass is 16.5. The molecule has 3 aromatic rings. The molecule has 0 amide bonds. The summed E-state index contributed by atoms with van der Waals surface area (Å²) < 4.78 is 5.44. The van der Waals surface area contributed by atoms with Crippen molar-refractivity contribution in [2.75, 3.05) is 0 Å². The second-order valence-electron chi connectivity index (χ2n) is 10.0. The Kier molecular flexibility index (Phi) is 5.68. The Morgan fingerprint density at radius 3 is 2.68 bits per heavy atom. The lowest BCUT2D eigenvalue weighted by Crippen LogP contribution is -2.29.